The molecular formula is C29H37N7O2S. The molecule has 10 heteroatoms. The molecule has 3 fully saturated rings. The number of rotatable bonds is 6. The lowest BCUT2D eigenvalue weighted by molar-refractivity contribution is 0.0755. The van der Waals surface area contributed by atoms with Crippen molar-refractivity contribution in [2.24, 2.45) is 23.0 Å². The molecule has 3 aliphatic rings. The third kappa shape index (κ3) is 5.24. The Labute approximate surface area is 233 Å². The van der Waals surface area contributed by atoms with Crippen LogP contribution in [0.1, 0.15) is 61.5 Å². The number of ether oxygens (including phenoxy) is 1. The zero-order chi connectivity index (χ0) is 27.5. The minimum atomic E-state index is -0.496. The minimum absolute atomic E-state index is 0.0263. The van der Waals surface area contributed by atoms with E-state index in [1.807, 2.05) is 31.7 Å². The van der Waals surface area contributed by atoms with Crippen molar-refractivity contribution in [3.8, 4) is 16.7 Å². The van der Waals surface area contributed by atoms with Crippen molar-refractivity contribution in [2.75, 3.05) is 31.1 Å². The SMILES string of the molecule is Cc1nc(-c2ncccn2)sc1C(=O)N1C[C@@H]2C(Oc3cc(C(C)(C)N)cc(N4CCC(C)(C)CC4)n3)[C@@H]2C1. The molecule has 1 aliphatic carbocycles. The number of hydrogen-bond acceptors (Lipinski definition) is 9. The monoisotopic (exact) mass is 547 g/mol. The molecule has 9 nitrogen and oxygen atoms in total. The Morgan fingerprint density at radius 3 is 2.41 bits per heavy atom. The molecule has 1 amide bonds. The average Bonchev–Trinajstić information content (AvgIpc) is 3.21. The summed E-state index contributed by atoms with van der Waals surface area (Å²) in [5, 5.41) is 0.670. The average molecular weight is 548 g/mol. The first-order valence-electron chi connectivity index (χ1n) is 13.8. The fraction of sp³-hybridized carbons (Fsp3) is 0.552. The third-order valence-electron chi connectivity index (χ3n) is 8.38. The number of carbonyl (C=O) groups is 1. The van der Waals surface area contributed by atoms with E-state index in [9.17, 15) is 4.79 Å². The summed E-state index contributed by atoms with van der Waals surface area (Å²) >= 11 is 1.36. The molecule has 1 saturated carbocycles. The highest BCUT2D eigenvalue weighted by Crippen LogP contribution is 2.48. The van der Waals surface area contributed by atoms with Gasteiger partial charge < -0.3 is 20.3 Å². The molecule has 1 unspecified atom stereocenters. The van der Waals surface area contributed by atoms with Gasteiger partial charge in [-0.1, -0.05) is 13.8 Å². The van der Waals surface area contributed by atoms with Crippen molar-refractivity contribution in [1.29, 1.82) is 0 Å². The van der Waals surface area contributed by atoms with Crippen LogP contribution in [0.2, 0.25) is 0 Å². The van der Waals surface area contributed by atoms with Crippen molar-refractivity contribution < 1.29 is 9.53 Å². The first-order chi connectivity index (χ1) is 18.5. The number of nitrogens with zero attached hydrogens (tertiary/aromatic N) is 6. The van der Waals surface area contributed by atoms with Crippen molar-refractivity contribution in [3.05, 3.63) is 46.7 Å². The van der Waals surface area contributed by atoms with Gasteiger partial charge in [-0.25, -0.2) is 15.0 Å². The molecule has 5 heterocycles. The predicted molar refractivity (Wildman–Crippen MR) is 152 cm³/mol. The summed E-state index contributed by atoms with van der Waals surface area (Å²) in [6, 6.07) is 5.87. The van der Waals surface area contributed by atoms with Gasteiger partial charge in [0.1, 0.15) is 16.8 Å². The van der Waals surface area contributed by atoms with E-state index >= 15 is 0 Å². The Morgan fingerprint density at radius 2 is 1.77 bits per heavy atom. The van der Waals surface area contributed by atoms with Crippen LogP contribution in [-0.4, -0.2) is 63.0 Å². The normalized spacial score (nSPS) is 24.0. The smallest absolute Gasteiger partial charge is 0.265 e. The maximum absolute atomic E-state index is 13.3. The fourth-order valence-electron chi connectivity index (χ4n) is 5.62. The van der Waals surface area contributed by atoms with Crippen LogP contribution >= 0.6 is 11.3 Å². The molecule has 0 spiro atoms. The van der Waals surface area contributed by atoms with Gasteiger partial charge in [0.05, 0.1) is 5.69 Å². The summed E-state index contributed by atoms with van der Waals surface area (Å²) in [4.78, 5) is 36.3. The van der Waals surface area contributed by atoms with E-state index in [-0.39, 0.29) is 12.0 Å². The van der Waals surface area contributed by atoms with E-state index in [0.29, 0.717) is 51.9 Å². The van der Waals surface area contributed by atoms with Crippen LogP contribution < -0.4 is 15.4 Å². The summed E-state index contributed by atoms with van der Waals surface area (Å²) in [6.07, 6.45) is 5.71. The zero-order valence-electron chi connectivity index (χ0n) is 23.3. The number of thiazole rings is 1. The molecule has 2 saturated heterocycles. The molecule has 0 aromatic carbocycles. The Hall–Kier alpha value is -3.11. The molecule has 2 aliphatic heterocycles. The first kappa shape index (κ1) is 26.1. The Kier molecular flexibility index (Phi) is 6.38. The molecule has 0 bridgehead atoms. The molecule has 3 aromatic heterocycles. The van der Waals surface area contributed by atoms with Crippen molar-refractivity contribution in [1.82, 2.24) is 24.8 Å². The van der Waals surface area contributed by atoms with Crippen molar-refractivity contribution in [2.45, 2.75) is 59.1 Å². The molecule has 206 valence electrons. The van der Waals surface area contributed by atoms with Gasteiger partial charge in [-0.05, 0) is 56.7 Å². The Bertz CT molecular complexity index is 1360. The largest absolute Gasteiger partial charge is 0.474 e. The minimum Gasteiger partial charge on any atom is -0.474 e. The maximum atomic E-state index is 13.3. The number of hydrogen-bond donors (Lipinski definition) is 1. The van der Waals surface area contributed by atoms with Gasteiger partial charge >= 0.3 is 0 Å². The number of amides is 1. The Morgan fingerprint density at radius 1 is 1.10 bits per heavy atom. The highest BCUT2D eigenvalue weighted by Gasteiger charge is 2.59. The number of fused-ring (bicyclic) bond motifs is 1. The van der Waals surface area contributed by atoms with E-state index in [1.165, 1.54) is 11.3 Å². The number of carbonyl (C=O) groups excluding carboxylic acids is 1. The fourth-order valence-corrected chi connectivity index (χ4v) is 6.60. The van der Waals surface area contributed by atoms with Gasteiger partial charge in [-0.3, -0.25) is 4.79 Å². The maximum Gasteiger partial charge on any atom is 0.265 e. The standard InChI is InChI=1S/C29H37N7O2S/c1-17-24(39-26(33-17)25-31-9-6-10-32-25)27(37)36-15-19-20(16-36)23(19)38-22-14-18(29(4,5)30)13-21(34-22)35-11-7-28(2,3)8-12-35/h6,9-10,13-14,19-20,23H,7-8,11-12,15-16,30H2,1-5H3/t19-,20+,23?. The van der Waals surface area contributed by atoms with E-state index in [4.69, 9.17) is 15.5 Å². The van der Waals surface area contributed by atoms with Crippen LogP contribution in [0.5, 0.6) is 5.88 Å². The first-order valence-corrected chi connectivity index (χ1v) is 14.6. The highest BCUT2D eigenvalue weighted by atomic mass is 32.1. The van der Waals surface area contributed by atoms with Crippen LogP contribution in [0.25, 0.3) is 10.8 Å². The number of piperidine rings is 2. The zero-order valence-corrected chi connectivity index (χ0v) is 24.2. The number of pyridine rings is 1. The summed E-state index contributed by atoms with van der Waals surface area (Å²) in [7, 11) is 0. The molecule has 3 aromatic rings. The van der Waals surface area contributed by atoms with Crippen LogP contribution in [0, 0.1) is 24.2 Å². The molecule has 2 N–H and O–H groups in total. The summed E-state index contributed by atoms with van der Waals surface area (Å²) in [5.41, 5.74) is 8.12. The van der Waals surface area contributed by atoms with Crippen LogP contribution in [-0.2, 0) is 5.54 Å². The second kappa shape index (κ2) is 9.52. The number of nitrogens with two attached hydrogens (primary N) is 1. The lowest BCUT2D eigenvalue weighted by Gasteiger charge is -2.38. The van der Waals surface area contributed by atoms with Gasteiger partial charge in [0, 0.05) is 62.0 Å². The second-order valence-electron chi connectivity index (χ2n) is 12.6. The molecular weight excluding hydrogens is 510 g/mol. The van der Waals surface area contributed by atoms with E-state index < -0.39 is 5.54 Å². The van der Waals surface area contributed by atoms with E-state index in [0.717, 1.165) is 43.0 Å². The van der Waals surface area contributed by atoms with Crippen LogP contribution in [0.15, 0.2) is 30.6 Å². The predicted octanol–water partition coefficient (Wildman–Crippen LogP) is 4.27. The molecule has 39 heavy (non-hydrogen) atoms. The number of aromatic nitrogens is 4. The number of likely N-dealkylation sites (tertiary alicyclic amines) is 1. The summed E-state index contributed by atoms with van der Waals surface area (Å²) in [6.45, 7) is 13.9. The van der Waals surface area contributed by atoms with Gasteiger partial charge in [-0.2, -0.15) is 4.98 Å². The lowest BCUT2D eigenvalue weighted by Crippen LogP contribution is -2.38. The number of anilines is 1. The summed E-state index contributed by atoms with van der Waals surface area (Å²) in [5.74, 6) is 2.78. The van der Waals surface area contributed by atoms with E-state index in [1.54, 1.807) is 18.5 Å². The lowest BCUT2D eigenvalue weighted by atomic mass is 9.82. The van der Waals surface area contributed by atoms with Crippen molar-refractivity contribution in [3.63, 3.8) is 0 Å². The molecule has 6 rings (SSSR count). The molecule has 0 radical (unpaired) electrons. The number of aryl methyl sites for hydroxylation is 1. The quantitative estimate of drug-likeness (QED) is 0.487. The van der Waals surface area contributed by atoms with Crippen molar-refractivity contribution >= 4 is 23.1 Å². The molecule has 3 atom stereocenters. The van der Waals surface area contributed by atoms with Gasteiger partial charge in [0.25, 0.3) is 5.91 Å². The topological polar surface area (TPSA) is 110 Å². The van der Waals surface area contributed by atoms with E-state index in [2.05, 4.69) is 39.8 Å². The highest BCUT2D eigenvalue weighted by molar-refractivity contribution is 7.17. The van der Waals surface area contributed by atoms with Crippen LogP contribution in [0.4, 0.5) is 5.82 Å². The second-order valence-corrected chi connectivity index (χ2v) is 13.6. The van der Waals surface area contributed by atoms with Gasteiger partial charge in [0.15, 0.2) is 10.8 Å². The Balaban J connectivity index is 1.13. The van der Waals surface area contributed by atoms with Gasteiger partial charge in [0.2, 0.25) is 5.88 Å². The van der Waals surface area contributed by atoms with Crippen LogP contribution in [0.3, 0.4) is 0 Å². The van der Waals surface area contributed by atoms with Gasteiger partial charge in [-0.15, -0.1) is 11.3 Å². The summed E-state index contributed by atoms with van der Waals surface area (Å²) < 4.78 is 6.46. The third-order valence-corrected chi connectivity index (χ3v) is 9.52.